The fourth-order valence-electron chi connectivity index (χ4n) is 6.53. The number of likely N-dealkylation sites (tertiary alicyclic amines) is 1. The largest absolute Gasteiger partial charge is 0.466 e. The van der Waals surface area contributed by atoms with Crippen LogP contribution in [0.25, 0.3) is 0 Å². The van der Waals surface area contributed by atoms with Crippen LogP contribution in [-0.4, -0.2) is 71.3 Å². The quantitative estimate of drug-likeness (QED) is 0.428. The number of hydrogen-bond acceptors (Lipinski definition) is 6. The molecule has 0 aliphatic carbocycles. The molecule has 2 amide bonds. The third-order valence-electron chi connectivity index (χ3n) is 8.03. The minimum atomic E-state index is -1.14. The molecule has 1 aromatic carbocycles. The lowest BCUT2D eigenvalue weighted by Crippen LogP contribution is -2.57. The predicted molar refractivity (Wildman–Crippen MR) is 131 cm³/mol. The molecule has 1 aromatic rings. The number of hydrogen-bond donors (Lipinski definition) is 1. The number of amides is 2. The van der Waals surface area contributed by atoms with Crippen LogP contribution < -0.4 is 4.90 Å². The van der Waals surface area contributed by atoms with Crippen molar-refractivity contribution in [1.29, 1.82) is 0 Å². The SMILES string of the molecule is C=CCN(C(=O)C1N(CCO)C(=O)[C@@H]2[C@H](C(=O)OCC)[C@]3(CC)CCC12O3)c1cc(C)ccc1C. The number of anilines is 1. The average Bonchev–Trinajstić information content (AvgIpc) is 3.43. The van der Waals surface area contributed by atoms with Gasteiger partial charge in [0.05, 0.1) is 24.7 Å². The Kier molecular flexibility index (Phi) is 6.81. The first-order valence-corrected chi connectivity index (χ1v) is 12.5. The number of β-amino-alcohol motifs (C(OH)–C–C–N with tert-alkyl or cyclic N) is 1. The smallest absolute Gasteiger partial charge is 0.312 e. The van der Waals surface area contributed by atoms with E-state index in [2.05, 4.69) is 6.58 Å². The summed E-state index contributed by atoms with van der Waals surface area (Å²) in [5.41, 5.74) is 0.686. The summed E-state index contributed by atoms with van der Waals surface area (Å²) in [7, 11) is 0. The molecule has 8 nitrogen and oxygen atoms in total. The number of benzene rings is 1. The normalized spacial score (nSPS) is 30.9. The molecule has 3 aliphatic heterocycles. The average molecular weight is 485 g/mol. The highest BCUT2D eigenvalue weighted by Gasteiger charge is 2.79. The van der Waals surface area contributed by atoms with Crippen molar-refractivity contribution >= 4 is 23.5 Å². The number of aliphatic hydroxyl groups is 1. The van der Waals surface area contributed by atoms with Crippen molar-refractivity contribution in [2.45, 2.75) is 64.2 Å². The highest BCUT2D eigenvalue weighted by molar-refractivity contribution is 6.05. The van der Waals surface area contributed by atoms with Gasteiger partial charge >= 0.3 is 5.97 Å². The van der Waals surface area contributed by atoms with Gasteiger partial charge in [0, 0.05) is 18.8 Å². The molecule has 0 aromatic heterocycles. The highest BCUT2D eigenvalue weighted by Crippen LogP contribution is 2.64. The van der Waals surface area contributed by atoms with E-state index in [0.717, 1.165) is 16.8 Å². The van der Waals surface area contributed by atoms with Crippen LogP contribution >= 0.6 is 0 Å². The Morgan fingerprint density at radius 3 is 2.69 bits per heavy atom. The molecular weight excluding hydrogens is 448 g/mol. The number of aliphatic hydroxyl groups excluding tert-OH is 1. The third kappa shape index (κ3) is 3.69. The number of carbonyl (C=O) groups is 3. The first-order chi connectivity index (χ1) is 16.7. The molecule has 2 unspecified atom stereocenters. The van der Waals surface area contributed by atoms with E-state index < -0.39 is 35.0 Å². The van der Waals surface area contributed by atoms with Gasteiger partial charge in [-0.1, -0.05) is 25.1 Å². The molecule has 3 fully saturated rings. The first-order valence-electron chi connectivity index (χ1n) is 12.5. The number of fused-ring (bicyclic) bond motifs is 1. The van der Waals surface area contributed by atoms with E-state index in [0.29, 0.717) is 19.3 Å². The predicted octanol–water partition coefficient (Wildman–Crippen LogP) is 2.53. The molecule has 0 radical (unpaired) electrons. The maximum atomic E-state index is 14.4. The van der Waals surface area contributed by atoms with E-state index in [9.17, 15) is 19.5 Å². The van der Waals surface area contributed by atoms with Crippen LogP contribution in [0.2, 0.25) is 0 Å². The number of ether oxygens (including phenoxy) is 2. The fourth-order valence-corrected chi connectivity index (χ4v) is 6.53. The lowest BCUT2D eigenvalue weighted by molar-refractivity contribution is -0.160. The molecule has 1 N–H and O–H groups in total. The maximum absolute atomic E-state index is 14.4. The van der Waals surface area contributed by atoms with Gasteiger partial charge in [0.15, 0.2) is 0 Å². The van der Waals surface area contributed by atoms with Crippen molar-refractivity contribution in [1.82, 2.24) is 4.90 Å². The van der Waals surface area contributed by atoms with Gasteiger partial charge in [0.25, 0.3) is 5.91 Å². The topological polar surface area (TPSA) is 96.4 Å². The minimum Gasteiger partial charge on any atom is -0.466 e. The van der Waals surface area contributed by atoms with Crippen LogP contribution in [0.3, 0.4) is 0 Å². The van der Waals surface area contributed by atoms with E-state index in [1.807, 2.05) is 39.0 Å². The zero-order valence-electron chi connectivity index (χ0n) is 21.1. The van der Waals surface area contributed by atoms with E-state index in [1.165, 1.54) is 4.90 Å². The Morgan fingerprint density at radius 1 is 1.31 bits per heavy atom. The molecule has 1 spiro atoms. The molecule has 0 saturated carbocycles. The van der Waals surface area contributed by atoms with Crippen molar-refractivity contribution in [3.8, 4) is 0 Å². The maximum Gasteiger partial charge on any atom is 0.312 e. The number of esters is 1. The molecule has 3 aliphatic rings. The second-order valence-corrected chi connectivity index (χ2v) is 9.87. The summed E-state index contributed by atoms with van der Waals surface area (Å²) in [6.07, 6.45) is 3.25. The summed E-state index contributed by atoms with van der Waals surface area (Å²) in [6, 6.07) is 4.93. The van der Waals surface area contributed by atoms with Crippen molar-refractivity contribution in [2.24, 2.45) is 11.8 Å². The molecular formula is C27H36N2O6. The van der Waals surface area contributed by atoms with Crippen LogP contribution in [0.5, 0.6) is 0 Å². The molecule has 190 valence electrons. The van der Waals surface area contributed by atoms with Gasteiger partial charge in [-0.2, -0.15) is 0 Å². The van der Waals surface area contributed by atoms with Gasteiger partial charge in [-0.05, 0) is 57.2 Å². The Labute approximate surface area is 206 Å². The Morgan fingerprint density at radius 2 is 2.06 bits per heavy atom. The van der Waals surface area contributed by atoms with Crippen LogP contribution in [-0.2, 0) is 23.9 Å². The van der Waals surface area contributed by atoms with Gasteiger partial charge in [-0.15, -0.1) is 6.58 Å². The van der Waals surface area contributed by atoms with Gasteiger partial charge in [-0.3, -0.25) is 14.4 Å². The number of nitrogens with zero attached hydrogens (tertiary/aromatic N) is 2. The van der Waals surface area contributed by atoms with Crippen LogP contribution in [0.1, 0.15) is 44.2 Å². The van der Waals surface area contributed by atoms with E-state index in [4.69, 9.17) is 9.47 Å². The summed E-state index contributed by atoms with van der Waals surface area (Å²) in [4.78, 5) is 44.4. The fraction of sp³-hybridized carbons (Fsp3) is 0.593. The summed E-state index contributed by atoms with van der Waals surface area (Å²) in [5, 5.41) is 9.80. The van der Waals surface area contributed by atoms with Gasteiger partial charge in [0.1, 0.15) is 17.6 Å². The molecule has 3 heterocycles. The van der Waals surface area contributed by atoms with Crippen molar-refractivity contribution in [3.63, 3.8) is 0 Å². The van der Waals surface area contributed by atoms with Gasteiger partial charge < -0.3 is 24.4 Å². The monoisotopic (exact) mass is 484 g/mol. The summed E-state index contributed by atoms with van der Waals surface area (Å²) in [6.45, 7) is 11.6. The zero-order valence-corrected chi connectivity index (χ0v) is 21.1. The van der Waals surface area contributed by atoms with E-state index >= 15 is 0 Å². The molecule has 35 heavy (non-hydrogen) atoms. The standard InChI is InChI=1S/C27H36N2O6/c1-6-13-28(19-16-17(4)9-10-18(19)5)24(32)22-27-12-11-26(7-2,35-27)21(25(33)34-8-3)20(27)23(31)29(22)14-15-30/h6,9-10,16,20-22,30H,1,7-8,11-15H2,2-5H3/t20-,21+,22?,26-,27?/m0/s1. The van der Waals surface area contributed by atoms with Crippen LogP contribution in [0, 0.1) is 25.7 Å². The molecule has 2 bridgehead atoms. The molecule has 3 saturated heterocycles. The second-order valence-electron chi connectivity index (χ2n) is 9.87. The lowest BCUT2D eigenvalue weighted by Gasteiger charge is -2.37. The lowest BCUT2D eigenvalue weighted by atomic mass is 9.65. The molecule has 5 atom stereocenters. The van der Waals surface area contributed by atoms with Crippen molar-refractivity contribution < 1.29 is 29.0 Å². The molecule has 8 heteroatoms. The Hall–Kier alpha value is -2.71. The zero-order chi connectivity index (χ0) is 25.5. The van der Waals surface area contributed by atoms with Gasteiger partial charge in [0.2, 0.25) is 5.91 Å². The van der Waals surface area contributed by atoms with E-state index in [-0.39, 0.29) is 38.1 Å². The van der Waals surface area contributed by atoms with Crippen LogP contribution in [0.4, 0.5) is 5.69 Å². The summed E-state index contributed by atoms with van der Waals surface area (Å²) >= 11 is 0. The Balaban J connectivity index is 1.83. The molecule has 4 rings (SSSR count). The highest BCUT2D eigenvalue weighted by atomic mass is 16.6. The minimum absolute atomic E-state index is 0.0136. The summed E-state index contributed by atoms with van der Waals surface area (Å²) < 4.78 is 12.1. The summed E-state index contributed by atoms with van der Waals surface area (Å²) in [5.74, 6) is -2.67. The van der Waals surface area contributed by atoms with E-state index in [1.54, 1.807) is 17.9 Å². The van der Waals surface area contributed by atoms with Crippen molar-refractivity contribution in [3.05, 3.63) is 42.0 Å². The van der Waals surface area contributed by atoms with Crippen molar-refractivity contribution in [2.75, 3.05) is 31.2 Å². The third-order valence-corrected chi connectivity index (χ3v) is 8.03. The second kappa shape index (κ2) is 9.39. The van der Waals surface area contributed by atoms with Gasteiger partial charge in [-0.25, -0.2) is 0 Å². The number of aryl methyl sites for hydroxylation is 2. The first kappa shape index (κ1) is 25.4. The number of rotatable bonds is 9. The Bertz CT molecular complexity index is 1040. The number of carbonyl (C=O) groups excluding carboxylic acids is 3. The van der Waals surface area contributed by atoms with Crippen LogP contribution in [0.15, 0.2) is 30.9 Å².